The summed E-state index contributed by atoms with van der Waals surface area (Å²) in [6, 6.07) is 7.92. The molecule has 0 aliphatic heterocycles. The van der Waals surface area contributed by atoms with Gasteiger partial charge >= 0.3 is 0 Å². The number of aliphatic hydroxyl groups excluding tert-OH is 1. The number of hydrogen-bond donors (Lipinski definition) is 2. The van der Waals surface area contributed by atoms with Crippen LogP contribution in [0.5, 0.6) is 5.75 Å². The first kappa shape index (κ1) is 15.0. The Kier molecular flexibility index (Phi) is 6.16. The highest BCUT2D eigenvalue weighted by Crippen LogP contribution is 2.12. The van der Waals surface area contributed by atoms with Crippen LogP contribution in [0.15, 0.2) is 24.3 Å². The SMILES string of the molecule is CC(C)(C)NCCCOc1ccc(CCO)cc1. The Balaban J connectivity index is 2.19. The van der Waals surface area contributed by atoms with E-state index in [2.05, 4.69) is 26.1 Å². The van der Waals surface area contributed by atoms with Crippen molar-refractivity contribution < 1.29 is 9.84 Å². The van der Waals surface area contributed by atoms with Gasteiger partial charge in [0.05, 0.1) is 6.61 Å². The predicted molar refractivity (Wildman–Crippen MR) is 75.1 cm³/mol. The van der Waals surface area contributed by atoms with Gasteiger partial charge in [0.25, 0.3) is 0 Å². The molecule has 2 N–H and O–H groups in total. The van der Waals surface area contributed by atoms with Crippen molar-refractivity contribution in [1.82, 2.24) is 5.32 Å². The number of ether oxygens (including phenoxy) is 1. The molecule has 0 aliphatic carbocycles. The predicted octanol–water partition coefficient (Wildman–Crippen LogP) is 2.38. The van der Waals surface area contributed by atoms with E-state index in [4.69, 9.17) is 9.84 Å². The molecule has 0 fully saturated rings. The Labute approximate surface area is 110 Å². The Morgan fingerprint density at radius 1 is 1.17 bits per heavy atom. The molecule has 0 saturated heterocycles. The zero-order chi connectivity index (χ0) is 13.4. The summed E-state index contributed by atoms with van der Waals surface area (Å²) in [5, 5.41) is 12.2. The fourth-order valence-corrected chi connectivity index (χ4v) is 1.61. The Morgan fingerprint density at radius 3 is 2.39 bits per heavy atom. The summed E-state index contributed by atoms with van der Waals surface area (Å²) in [4.78, 5) is 0. The summed E-state index contributed by atoms with van der Waals surface area (Å²) in [5.74, 6) is 0.896. The topological polar surface area (TPSA) is 41.5 Å². The van der Waals surface area contributed by atoms with Crippen LogP contribution in [0, 0.1) is 0 Å². The lowest BCUT2D eigenvalue weighted by atomic mass is 10.1. The van der Waals surface area contributed by atoms with Gasteiger partial charge < -0.3 is 15.2 Å². The minimum absolute atomic E-state index is 0.173. The van der Waals surface area contributed by atoms with Gasteiger partial charge in [-0.2, -0.15) is 0 Å². The highest BCUT2D eigenvalue weighted by atomic mass is 16.5. The van der Waals surface area contributed by atoms with Crippen LogP contribution in [0.25, 0.3) is 0 Å². The summed E-state index contributed by atoms with van der Waals surface area (Å²) in [7, 11) is 0. The van der Waals surface area contributed by atoms with Gasteiger partial charge in [-0.15, -0.1) is 0 Å². The lowest BCUT2D eigenvalue weighted by molar-refractivity contribution is 0.296. The minimum Gasteiger partial charge on any atom is -0.494 e. The van der Waals surface area contributed by atoms with Crippen molar-refractivity contribution in [3.8, 4) is 5.75 Å². The maximum absolute atomic E-state index is 8.82. The molecule has 3 heteroatoms. The first-order valence-corrected chi connectivity index (χ1v) is 6.59. The molecular weight excluding hydrogens is 226 g/mol. The zero-order valence-electron chi connectivity index (χ0n) is 11.7. The molecule has 3 nitrogen and oxygen atoms in total. The van der Waals surface area contributed by atoms with Gasteiger partial charge in [0.2, 0.25) is 0 Å². The molecule has 1 aromatic carbocycles. The van der Waals surface area contributed by atoms with Crippen LogP contribution in [0.1, 0.15) is 32.8 Å². The summed E-state index contributed by atoms with van der Waals surface area (Å²) >= 11 is 0. The Bertz CT molecular complexity index is 327. The molecule has 0 bridgehead atoms. The highest BCUT2D eigenvalue weighted by molar-refractivity contribution is 5.27. The summed E-state index contributed by atoms with van der Waals surface area (Å²) < 4.78 is 5.65. The average Bonchev–Trinajstić information content (AvgIpc) is 2.30. The summed E-state index contributed by atoms with van der Waals surface area (Å²) in [6.07, 6.45) is 1.70. The van der Waals surface area contributed by atoms with Gasteiger partial charge in [0, 0.05) is 12.1 Å². The smallest absolute Gasteiger partial charge is 0.119 e. The first-order chi connectivity index (χ1) is 8.51. The average molecular weight is 251 g/mol. The van der Waals surface area contributed by atoms with Crippen LogP contribution >= 0.6 is 0 Å². The van der Waals surface area contributed by atoms with Crippen molar-refractivity contribution in [2.24, 2.45) is 0 Å². The van der Waals surface area contributed by atoms with Crippen LogP contribution in [0.3, 0.4) is 0 Å². The van der Waals surface area contributed by atoms with E-state index in [0.29, 0.717) is 6.42 Å². The first-order valence-electron chi connectivity index (χ1n) is 6.59. The monoisotopic (exact) mass is 251 g/mol. The summed E-state index contributed by atoms with van der Waals surface area (Å²) in [6.45, 7) is 8.36. The third kappa shape index (κ3) is 6.62. The van der Waals surface area contributed by atoms with Gasteiger partial charge in [-0.3, -0.25) is 0 Å². The zero-order valence-corrected chi connectivity index (χ0v) is 11.7. The Morgan fingerprint density at radius 2 is 1.83 bits per heavy atom. The van der Waals surface area contributed by atoms with E-state index in [-0.39, 0.29) is 12.1 Å². The number of nitrogens with one attached hydrogen (secondary N) is 1. The fraction of sp³-hybridized carbons (Fsp3) is 0.600. The van der Waals surface area contributed by atoms with Gasteiger partial charge in [-0.05, 0) is 57.9 Å². The van der Waals surface area contributed by atoms with Crippen LogP contribution in [-0.4, -0.2) is 30.4 Å². The van der Waals surface area contributed by atoms with Crippen molar-refractivity contribution in [2.75, 3.05) is 19.8 Å². The van der Waals surface area contributed by atoms with Crippen molar-refractivity contribution in [1.29, 1.82) is 0 Å². The van der Waals surface area contributed by atoms with Crippen molar-refractivity contribution >= 4 is 0 Å². The molecule has 0 aromatic heterocycles. The van der Waals surface area contributed by atoms with E-state index in [9.17, 15) is 0 Å². The lowest BCUT2D eigenvalue weighted by Crippen LogP contribution is -2.36. The third-order valence-electron chi connectivity index (χ3n) is 2.57. The van der Waals surface area contributed by atoms with Gasteiger partial charge in [0.15, 0.2) is 0 Å². The normalized spacial score (nSPS) is 11.6. The van der Waals surface area contributed by atoms with Crippen LogP contribution < -0.4 is 10.1 Å². The molecule has 18 heavy (non-hydrogen) atoms. The largest absolute Gasteiger partial charge is 0.494 e. The minimum atomic E-state index is 0.173. The highest BCUT2D eigenvalue weighted by Gasteiger charge is 2.07. The van der Waals surface area contributed by atoms with Crippen molar-refractivity contribution in [3.05, 3.63) is 29.8 Å². The van der Waals surface area contributed by atoms with Gasteiger partial charge in [-0.25, -0.2) is 0 Å². The standard InChI is InChI=1S/C15H25NO2/c1-15(2,3)16-10-4-12-18-14-7-5-13(6-8-14)9-11-17/h5-8,16-17H,4,9-12H2,1-3H3. The molecule has 0 spiro atoms. The molecule has 0 heterocycles. The van der Waals surface area contributed by atoms with E-state index >= 15 is 0 Å². The number of aliphatic hydroxyl groups is 1. The van der Waals surface area contributed by atoms with E-state index in [1.165, 1.54) is 0 Å². The number of benzene rings is 1. The molecule has 0 atom stereocenters. The van der Waals surface area contributed by atoms with E-state index in [1.54, 1.807) is 0 Å². The van der Waals surface area contributed by atoms with Crippen LogP contribution in [0.2, 0.25) is 0 Å². The molecule has 1 aromatic rings. The Hall–Kier alpha value is -1.06. The molecule has 0 unspecified atom stereocenters. The molecule has 1 rings (SSSR count). The van der Waals surface area contributed by atoms with Gasteiger partial charge in [0.1, 0.15) is 5.75 Å². The quantitative estimate of drug-likeness (QED) is 0.731. The molecule has 0 aliphatic rings. The molecule has 0 amide bonds. The maximum Gasteiger partial charge on any atom is 0.119 e. The van der Waals surface area contributed by atoms with Crippen molar-refractivity contribution in [3.63, 3.8) is 0 Å². The van der Waals surface area contributed by atoms with E-state index in [1.807, 2.05) is 24.3 Å². The fourth-order valence-electron chi connectivity index (χ4n) is 1.61. The molecule has 102 valence electrons. The third-order valence-corrected chi connectivity index (χ3v) is 2.57. The number of rotatable bonds is 7. The molecular formula is C15H25NO2. The molecule has 0 radical (unpaired) electrons. The lowest BCUT2D eigenvalue weighted by Gasteiger charge is -2.20. The second kappa shape index (κ2) is 7.39. The van der Waals surface area contributed by atoms with Crippen molar-refractivity contribution in [2.45, 2.75) is 39.2 Å². The maximum atomic E-state index is 8.82. The van der Waals surface area contributed by atoms with Gasteiger partial charge in [-0.1, -0.05) is 12.1 Å². The molecule has 0 saturated carbocycles. The van der Waals surface area contributed by atoms with E-state index in [0.717, 1.165) is 30.9 Å². The van der Waals surface area contributed by atoms with Crippen LogP contribution in [0.4, 0.5) is 0 Å². The second-order valence-electron chi connectivity index (χ2n) is 5.50. The van der Waals surface area contributed by atoms with Crippen LogP contribution in [-0.2, 0) is 6.42 Å². The number of hydrogen-bond acceptors (Lipinski definition) is 3. The summed E-state index contributed by atoms with van der Waals surface area (Å²) in [5.41, 5.74) is 1.31. The van der Waals surface area contributed by atoms with E-state index < -0.39 is 0 Å². The second-order valence-corrected chi connectivity index (χ2v) is 5.50.